The molecule has 32 heavy (non-hydrogen) atoms. The molecule has 0 aromatic heterocycles. The van der Waals surface area contributed by atoms with Gasteiger partial charge in [-0.15, -0.1) is 34.9 Å². The number of hydrogen-bond acceptors (Lipinski definition) is 2. The summed E-state index contributed by atoms with van der Waals surface area (Å²) in [5.74, 6) is 3.34. The van der Waals surface area contributed by atoms with E-state index >= 15 is 0 Å². The first-order valence-electron chi connectivity index (χ1n) is 10.7. The Morgan fingerprint density at radius 3 is 2.78 bits per heavy atom. The van der Waals surface area contributed by atoms with E-state index in [1.54, 1.807) is 0 Å². The average Bonchev–Trinajstić information content (AvgIpc) is 3.26. The quantitative estimate of drug-likeness (QED) is 0.183. The maximum absolute atomic E-state index is 3.79. The van der Waals surface area contributed by atoms with Crippen molar-refractivity contribution >= 4 is 54.4 Å². The van der Waals surface area contributed by atoms with Crippen LogP contribution in [0.5, 0.6) is 0 Å². The average molecular weight is 694 g/mol. The summed E-state index contributed by atoms with van der Waals surface area (Å²) in [6.07, 6.45) is 10.2. The third kappa shape index (κ3) is 4.95. The van der Waals surface area contributed by atoms with Gasteiger partial charge in [-0.25, -0.2) is 0 Å². The Morgan fingerprint density at radius 2 is 1.94 bits per heavy atom. The zero-order valence-electron chi connectivity index (χ0n) is 17.4. The minimum absolute atomic E-state index is 0. The molecule has 2 N–H and O–H groups in total. The number of rotatable bonds is 2. The SMILES string of the molecule is Brc1cc2cc3cccc(SC4CCCC5C6[CH-]NC(Br)CC6CC45)c3c-2[c-][nH]1.[Cl-].[Cl-].[Zr+4]. The summed E-state index contributed by atoms with van der Waals surface area (Å²) >= 11 is 9.48. The summed E-state index contributed by atoms with van der Waals surface area (Å²) in [6.45, 7) is 2.43. The number of thioether (sulfide) groups is 1. The zero-order valence-corrected chi connectivity index (χ0v) is 25.3. The minimum atomic E-state index is 0. The molecule has 1 aromatic rings. The molecule has 3 aliphatic carbocycles. The molecule has 6 atom stereocenters. The second-order valence-electron chi connectivity index (χ2n) is 8.96. The fraction of sp³-hybridized carbons (Fsp3) is 0.458. The molecule has 2 saturated carbocycles. The van der Waals surface area contributed by atoms with Gasteiger partial charge in [0, 0.05) is 14.8 Å². The Balaban J connectivity index is 0.000000963. The van der Waals surface area contributed by atoms with Crippen LogP contribution >= 0.6 is 43.6 Å². The van der Waals surface area contributed by atoms with E-state index in [0.29, 0.717) is 4.95 Å². The number of aromatic amines is 1. The minimum Gasteiger partial charge on any atom is -1.00 e. The number of benzene rings is 1. The molecule has 1 aromatic carbocycles. The van der Waals surface area contributed by atoms with Gasteiger partial charge in [0.15, 0.2) is 0 Å². The number of fused-ring (bicyclic) bond motifs is 6. The molecular weight excluding hydrogens is 670 g/mol. The van der Waals surface area contributed by atoms with Crippen molar-refractivity contribution in [1.29, 1.82) is 0 Å². The number of pyridine rings is 1. The first kappa shape index (κ1) is 27.6. The van der Waals surface area contributed by atoms with Gasteiger partial charge in [0.05, 0.1) is 0 Å². The molecule has 2 aliphatic heterocycles. The summed E-state index contributed by atoms with van der Waals surface area (Å²) in [5.41, 5.74) is 2.48. The molecule has 3 fully saturated rings. The van der Waals surface area contributed by atoms with Gasteiger partial charge in [0.2, 0.25) is 0 Å². The Labute approximate surface area is 243 Å². The van der Waals surface area contributed by atoms with Gasteiger partial charge in [-0.05, 0) is 30.1 Å². The van der Waals surface area contributed by atoms with E-state index in [0.717, 1.165) is 33.5 Å². The second-order valence-corrected chi connectivity index (χ2v) is 12.2. The standard InChI is InChI=1S/C24H24Br2N2S.2ClH.Zr/c25-22-9-14-7-13-3-1-6-21(24(13)19(14)12-28-22)29-20-5-2-4-16-17(20)8-15-10-23(26)27-11-18(15)16;;;/h1,3,6-7,9,11,15-18,20,23,27-28H,2,4-5,8,10H2;2*1H;/q-2;;;+4/p-2. The molecule has 0 bridgehead atoms. The molecule has 2 nitrogen and oxygen atoms in total. The smallest absolute Gasteiger partial charge is 1.00 e. The molecule has 0 amide bonds. The predicted molar refractivity (Wildman–Crippen MR) is 128 cm³/mol. The molecule has 168 valence electrons. The summed E-state index contributed by atoms with van der Waals surface area (Å²) in [7, 11) is 0. The monoisotopic (exact) mass is 690 g/mol. The van der Waals surface area contributed by atoms with Gasteiger partial charge in [0.25, 0.3) is 0 Å². The fourth-order valence-electron chi connectivity index (χ4n) is 6.25. The maximum Gasteiger partial charge on any atom is 4.00 e. The van der Waals surface area contributed by atoms with Gasteiger partial charge in [-0.2, -0.15) is 0 Å². The van der Waals surface area contributed by atoms with E-state index < -0.39 is 0 Å². The van der Waals surface area contributed by atoms with E-state index in [1.165, 1.54) is 58.9 Å². The van der Waals surface area contributed by atoms with Crippen molar-refractivity contribution in [3.63, 3.8) is 0 Å². The van der Waals surface area contributed by atoms with Gasteiger partial charge < -0.3 is 35.1 Å². The Kier molecular flexibility index (Phi) is 9.78. The van der Waals surface area contributed by atoms with Crippen molar-refractivity contribution in [1.82, 2.24) is 10.3 Å². The normalized spacial score (nSPS) is 31.2. The van der Waals surface area contributed by atoms with Crippen LogP contribution < -0.4 is 30.1 Å². The largest absolute Gasteiger partial charge is 4.00 e. The first-order valence-corrected chi connectivity index (χ1v) is 13.3. The van der Waals surface area contributed by atoms with Gasteiger partial charge in [-0.1, -0.05) is 97.8 Å². The summed E-state index contributed by atoms with van der Waals surface area (Å²) in [4.78, 5) is 5.12. The summed E-state index contributed by atoms with van der Waals surface area (Å²) < 4.78 is 0.980. The van der Waals surface area contributed by atoms with Crippen LogP contribution in [0.3, 0.4) is 0 Å². The third-order valence-electron chi connectivity index (χ3n) is 7.42. The molecule has 6 unspecified atom stereocenters. The van der Waals surface area contributed by atoms with Gasteiger partial charge >= 0.3 is 26.2 Å². The number of aromatic nitrogens is 1. The second kappa shape index (κ2) is 11.4. The molecule has 5 aliphatic rings. The molecular formula is C24H24Br2Cl2N2SZr. The van der Waals surface area contributed by atoms with Crippen LogP contribution in [0.2, 0.25) is 0 Å². The molecule has 0 spiro atoms. The van der Waals surface area contributed by atoms with E-state index in [4.69, 9.17) is 0 Å². The molecule has 6 rings (SSSR count). The van der Waals surface area contributed by atoms with Crippen LogP contribution in [0.25, 0.3) is 21.9 Å². The number of hydrogen-bond donors (Lipinski definition) is 2. The van der Waals surface area contributed by atoms with Crippen molar-refractivity contribution in [2.75, 3.05) is 0 Å². The van der Waals surface area contributed by atoms with Crippen LogP contribution in [0, 0.1) is 36.4 Å². The Bertz CT molecular complexity index is 1030. The molecule has 1 saturated heterocycles. The number of halogens is 4. The van der Waals surface area contributed by atoms with E-state index in [1.807, 2.05) is 0 Å². The number of nitrogens with one attached hydrogen (secondary N) is 2. The summed E-state index contributed by atoms with van der Waals surface area (Å²) in [5, 5.41) is 7.01. The number of H-pyrrole nitrogens is 1. The van der Waals surface area contributed by atoms with Crippen molar-refractivity contribution in [3.05, 3.63) is 47.7 Å². The van der Waals surface area contributed by atoms with Gasteiger partial charge in [0.1, 0.15) is 0 Å². The summed E-state index contributed by atoms with van der Waals surface area (Å²) in [6, 6.07) is 11.3. The van der Waals surface area contributed by atoms with Gasteiger partial charge in [-0.3, -0.25) is 6.54 Å². The zero-order chi connectivity index (χ0) is 19.5. The van der Waals surface area contributed by atoms with Crippen molar-refractivity contribution in [2.24, 2.45) is 23.7 Å². The molecule has 8 heteroatoms. The van der Waals surface area contributed by atoms with Crippen LogP contribution in [0.15, 0.2) is 39.8 Å². The van der Waals surface area contributed by atoms with Crippen molar-refractivity contribution in [3.8, 4) is 11.1 Å². The number of alkyl halides is 1. The Morgan fingerprint density at radius 1 is 1.09 bits per heavy atom. The predicted octanol–water partition coefficient (Wildman–Crippen LogP) is 1.23. The topological polar surface area (TPSA) is 27.8 Å². The maximum atomic E-state index is 3.79. The van der Waals surface area contributed by atoms with Crippen molar-refractivity contribution < 1.29 is 51.0 Å². The van der Waals surface area contributed by atoms with E-state index in [9.17, 15) is 0 Å². The Hall–Kier alpha value is 0.973. The van der Waals surface area contributed by atoms with Crippen LogP contribution in [0.4, 0.5) is 0 Å². The van der Waals surface area contributed by atoms with Crippen LogP contribution in [-0.4, -0.2) is 15.2 Å². The molecule has 0 radical (unpaired) electrons. The molecule has 2 heterocycles. The van der Waals surface area contributed by atoms with E-state index in [-0.39, 0.29) is 51.0 Å². The van der Waals surface area contributed by atoms with Crippen LogP contribution in [0.1, 0.15) is 32.1 Å². The first-order chi connectivity index (χ1) is 14.2. The third-order valence-corrected chi connectivity index (χ3v) is 9.97. The number of piperidine rings is 1. The van der Waals surface area contributed by atoms with Crippen molar-refractivity contribution in [2.45, 2.75) is 47.2 Å². The fourth-order valence-corrected chi connectivity index (χ4v) is 8.82. The van der Waals surface area contributed by atoms with E-state index in [2.05, 4.69) is 97.0 Å². The van der Waals surface area contributed by atoms with Crippen LogP contribution in [-0.2, 0) is 26.2 Å².